The lowest BCUT2D eigenvalue weighted by Gasteiger charge is -2.33. The fourth-order valence-electron chi connectivity index (χ4n) is 6.80. The summed E-state index contributed by atoms with van der Waals surface area (Å²) in [5, 5.41) is 1.78. The SMILES string of the molecule is CCOCOc1cc(N2CCc3c(nc(OC[C@@]45CCCN4C[C@H](F)C5)nc3OC)C2)c2c(CC)c(F)ccc2c1. The van der Waals surface area contributed by atoms with Crippen molar-refractivity contribution in [2.24, 2.45) is 0 Å². The highest BCUT2D eigenvalue weighted by molar-refractivity contribution is 5.98. The number of anilines is 1. The predicted molar refractivity (Wildman–Crippen MR) is 152 cm³/mol. The van der Waals surface area contributed by atoms with E-state index < -0.39 is 6.17 Å². The Labute approximate surface area is 239 Å². The molecule has 6 rings (SSSR count). The molecule has 4 heterocycles. The summed E-state index contributed by atoms with van der Waals surface area (Å²) in [6, 6.07) is 7.45. The summed E-state index contributed by atoms with van der Waals surface area (Å²) < 4.78 is 52.4. The lowest BCUT2D eigenvalue weighted by molar-refractivity contribution is 0.0225. The van der Waals surface area contributed by atoms with Crippen LogP contribution in [0.1, 0.15) is 49.9 Å². The first-order chi connectivity index (χ1) is 19.9. The molecule has 0 N–H and O–H groups in total. The Morgan fingerprint density at radius 3 is 2.80 bits per heavy atom. The molecule has 2 saturated heterocycles. The first-order valence-corrected chi connectivity index (χ1v) is 14.6. The van der Waals surface area contributed by atoms with Gasteiger partial charge < -0.3 is 23.8 Å². The van der Waals surface area contributed by atoms with Crippen molar-refractivity contribution in [1.82, 2.24) is 14.9 Å². The lowest BCUT2D eigenvalue weighted by Crippen LogP contribution is -2.43. The number of aromatic nitrogens is 2. The van der Waals surface area contributed by atoms with Gasteiger partial charge in [0.15, 0.2) is 6.79 Å². The molecule has 1 aromatic heterocycles. The topological polar surface area (TPSA) is 69.2 Å². The first kappa shape index (κ1) is 27.9. The number of alkyl halides is 1. The first-order valence-electron chi connectivity index (χ1n) is 14.6. The zero-order chi connectivity index (χ0) is 28.6. The normalized spacial score (nSPS) is 22.2. The van der Waals surface area contributed by atoms with Gasteiger partial charge in [-0.05, 0) is 62.2 Å². The van der Waals surface area contributed by atoms with Crippen LogP contribution in [0.2, 0.25) is 0 Å². The Hall–Kier alpha value is -3.24. The van der Waals surface area contributed by atoms with Crippen LogP contribution in [0.4, 0.5) is 14.5 Å². The summed E-state index contributed by atoms with van der Waals surface area (Å²) in [5.41, 5.74) is 3.01. The van der Waals surface area contributed by atoms with Gasteiger partial charge in [0.1, 0.15) is 24.3 Å². The van der Waals surface area contributed by atoms with Crippen LogP contribution in [0.5, 0.6) is 17.6 Å². The van der Waals surface area contributed by atoms with E-state index in [1.807, 2.05) is 26.0 Å². The molecule has 0 unspecified atom stereocenters. The zero-order valence-electron chi connectivity index (χ0n) is 24.0. The third kappa shape index (κ3) is 5.28. The number of hydrogen-bond donors (Lipinski definition) is 0. The second-order valence-corrected chi connectivity index (χ2v) is 11.2. The Kier molecular flexibility index (Phi) is 7.87. The van der Waals surface area contributed by atoms with Gasteiger partial charge in [-0.3, -0.25) is 4.90 Å². The average molecular weight is 569 g/mol. The van der Waals surface area contributed by atoms with E-state index in [0.717, 1.165) is 47.1 Å². The Balaban J connectivity index is 1.32. The van der Waals surface area contributed by atoms with E-state index in [1.54, 1.807) is 13.2 Å². The summed E-state index contributed by atoms with van der Waals surface area (Å²) in [6.45, 7) is 7.43. The van der Waals surface area contributed by atoms with Crippen molar-refractivity contribution in [3.8, 4) is 17.6 Å². The van der Waals surface area contributed by atoms with Crippen molar-refractivity contribution < 1.29 is 27.7 Å². The molecule has 2 fully saturated rings. The number of fused-ring (bicyclic) bond motifs is 3. The molecule has 3 aromatic rings. The minimum Gasteiger partial charge on any atom is -0.481 e. The van der Waals surface area contributed by atoms with E-state index in [0.29, 0.717) is 69.3 Å². The molecule has 41 heavy (non-hydrogen) atoms. The number of halogens is 2. The third-order valence-electron chi connectivity index (χ3n) is 8.76. The minimum absolute atomic E-state index is 0.138. The molecule has 0 radical (unpaired) electrons. The Morgan fingerprint density at radius 2 is 2.00 bits per heavy atom. The third-order valence-corrected chi connectivity index (χ3v) is 8.76. The van der Waals surface area contributed by atoms with Gasteiger partial charge >= 0.3 is 6.01 Å². The fourth-order valence-corrected chi connectivity index (χ4v) is 6.80. The molecule has 2 atom stereocenters. The summed E-state index contributed by atoms with van der Waals surface area (Å²) >= 11 is 0. The van der Waals surface area contributed by atoms with Crippen LogP contribution in [-0.4, -0.2) is 73.3 Å². The summed E-state index contributed by atoms with van der Waals surface area (Å²) in [6.07, 6.45) is 2.82. The van der Waals surface area contributed by atoms with E-state index in [1.165, 1.54) is 6.07 Å². The number of benzene rings is 2. The summed E-state index contributed by atoms with van der Waals surface area (Å²) in [5.74, 6) is 0.941. The quantitative estimate of drug-likeness (QED) is 0.243. The van der Waals surface area contributed by atoms with Crippen LogP contribution < -0.4 is 19.1 Å². The smallest absolute Gasteiger partial charge is 0.320 e. The maximum atomic E-state index is 15.0. The van der Waals surface area contributed by atoms with Gasteiger partial charge in [0.2, 0.25) is 5.88 Å². The maximum Gasteiger partial charge on any atom is 0.320 e. The van der Waals surface area contributed by atoms with E-state index >= 15 is 0 Å². The molecule has 3 aliphatic rings. The van der Waals surface area contributed by atoms with E-state index in [9.17, 15) is 8.78 Å². The van der Waals surface area contributed by atoms with Crippen molar-refractivity contribution in [3.05, 3.63) is 46.9 Å². The van der Waals surface area contributed by atoms with Crippen LogP contribution in [0.25, 0.3) is 10.8 Å². The van der Waals surface area contributed by atoms with E-state index in [-0.39, 0.29) is 24.2 Å². The van der Waals surface area contributed by atoms with Crippen molar-refractivity contribution in [1.29, 1.82) is 0 Å². The molecule has 0 amide bonds. The van der Waals surface area contributed by atoms with Crippen molar-refractivity contribution in [3.63, 3.8) is 0 Å². The number of methoxy groups -OCH3 is 1. The standard InChI is InChI=1S/C31H38F2N4O4/c1-4-23-25(33)8-7-20-13-22(41-19-39-5-2)14-27(28(20)23)36-12-9-24-26(17-36)34-30(35-29(24)38-3)40-18-31-10-6-11-37(31)16-21(32)15-31/h7-8,13-14,21H,4-6,9-12,15-19H2,1-3H3/t21-,31+/m1/s1. The molecule has 0 aliphatic carbocycles. The van der Waals surface area contributed by atoms with Crippen LogP contribution in [0.3, 0.4) is 0 Å². The highest BCUT2D eigenvalue weighted by Crippen LogP contribution is 2.41. The summed E-state index contributed by atoms with van der Waals surface area (Å²) in [4.78, 5) is 13.8. The molecule has 0 bridgehead atoms. The highest BCUT2D eigenvalue weighted by Gasteiger charge is 2.49. The van der Waals surface area contributed by atoms with Crippen molar-refractivity contribution in [2.45, 2.75) is 64.2 Å². The van der Waals surface area contributed by atoms with Gasteiger partial charge in [-0.1, -0.05) is 13.0 Å². The minimum atomic E-state index is -0.826. The molecule has 3 aliphatic heterocycles. The van der Waals surface area contributed by atoms with Crippen molar-refractivity contribution >= 4 is 16.5 Å². The monoisotopic (exact) mass is 568 g/mol. The fraction of sp³-hybridized carbons (Fsp3) is 0.548. The molecule has 2 aromatic carbocycles. The Morgan fingerprint density at radius 1 is 1.12 bits per heavy atom. The van der Waals surface area contributed by atoms with Crippen LogP contribution in [0.15, 0.2) is 24.3 Å². The zero-order valence-corrected chi connectivity index (χ0v) is 24.0. The largest absolute Gasteiger partial charge is 0.481 e. The Bertz CT molecular complexity index is 1420. The van der Waals surface area contributed by atoms with Crippen LogP contribution in [-0.2, 0) is 24.1 Å². The molecular formula is C31H38F2N4O4. The second kappa shape index (κ2) is 11.6. The number of ether oxygens (including phenoxy) is 4. The number of rotatable bonds is 10. The molecular weight excluding hydrogens is 530 g/mol. The predicted octanol–water partition coefficient (Wildman–Crippen LogP) is 5.23. The van der Waals surface area contributed by atoms with Gasteiger partial charge in [-0.25, -0.2) is 8.78 Å². The van der Waals surface area contributed by atoms with E-state index in [4.69, 9.17) is 23.9 Å². The van der Waals surface area contributed by atoms with Gasteiger partial charge in [-0.2, -0.15) is 9.97 Å². The lowest BCUT2D eigenvalue weighted by atomic mass is 9.95. The highest BCUT2D eigenvalue weighted by atomic mass is 19.1. The molecule has 220 valence electrons. The van der Waals surface area contributed by atoms with Crippen LogP contribution in [0, 0.1) is 5.82 Å². The molecule has 0 saturated carbocycles. The summed E-state index contributed by atoms with van der Waals surface area (Å²) in [7, 11) is 1.60. The molecule has 8 nitrogen and oxygen atoms in total. The average Bonchev–Trinajstić information content (AvgIpc) is 3.50. The number of hydrogen-bond acceptors (Lipinski definition) is 8. The maximum absolute atomic E-state index is 15.0. The van der Waals surface area contributed by atoms with Gasteiger partial charge in [0.05, 0.1) is 24.9 Å². The second-order valence-electron chi connectivity index (χ2n) is 11.2. The van der Waals surface area contributed by atoms with Crippen LogP contribution >= 0.6 is 0 Å². The van der Waals surface area contributed by atoms with E-state index in [2.05, 4.69) is 14.8 Å². The van der Waals surface area contributed by atoms with Gasteiger partial charge in [0, 0.05) is 48.8 Å². The number of nitrogens with zero attached hydrogens (tertiary/aromatic N) is 4. The molecule has 0 spiro atoms. The van der Waals surface area contributed by atoms with Gasteiger partial charge in [0.25, 0.3) is 0 Å². The number of aryl methyl sites for hydroxylation is 1. The van der Waals surface area contributed by atoms with Gasteiger partial charge in [-0.15, -0.1) is 0 Å². The molecule has 10 heteroatoms. The van der Waals surface area contributed by atoms with Crippen molar-refractivity contribution in [2.75, 3.05) is 51.7 Å².